The number of rotatable bonds is 3. The van der Waals surface area contributed by atoms with Gasteiger partial charge in [-0.1, -0.05) is 66.7 Å². The normalized spacial score (nSPS) is 12.1. The van der Waals surface area contributed by atoms with E-state index >= 15 is 0 Å². The van der Waals surface area contributed by atoms with Gasteiger partial charge in [0.05, 0.1) is 0 Å². The van der Waals surface area contributed by atoms with E-state index in [1.54, 1.807) is 0 Å². The Balaban J connectivity index is 1.26. The molecule has 206 valence electrons. The summed E-state index contributed by atoms with van der Waals surface area (Å²) in [6.45, 7) is 0. The Bertz CT molecular complexity index is 2750. The van der Waals surface area contributed by atoms with Crippen molar-refractivity contribution in [1.82, 2.24) is 0 Å². The molecule has 3 nitrogen and oxygen atoms in total. The Morgan fingerprint density at radius 3 is 1.80 bits per heavy atom. The molecule has 7 aromatic carbocycles. The van der Waals surface area contributed by atoms with Gasteiger partial charge in [-0.15, -0.1) is 11.3 Å². The Morgan fingerprint density at radius 2 is 0.955 bits per heavy atom. The lowest BCUT2D eigenvalue weighted by Gasteiger charge is -2.26. The van der Waals surface area contributed by atoms with Gasteiger partial charge in [0.15, 0.2) is 0 Å². The van der Waals surface area contributed by atoms with Gasteiger partial charge in [-0.3, -0.25) is 0 Å². The van der Waals surface area contributed by atoms with Crippen molar-refractivity contribution >= 4 is 103 Å². The number of anilines is 3. The Hall–Kier alpha value is -5.58. The molecule has 0 saturated carbocycles. The molecule has 0 saturated heterocycles. The second-order valence-electron chi connectivity index (χ2n) is 11.3. The first kappa shape index (κ1) is 23.9. The van der Waals surface area contributed by atoms with E-state index in [2.05, 4.69) is 120 Å². The van der Waals surface area contributed by atoms with E-state index in [0.717, 1.165) is 60.9 Å². The molecule has 0 spiro atoms. The predicted molar refractivity (Wildman–Crippen MR) is 186 cm³/mol. The van der Waals surface area contributed by atoms with Crippen LogP contribution in [0.2, 0.25) is 0 Å². The third-order valence-electron chi connectivity index (χ3n) is 8.84. The van der Waals surface area contributed by atoms with Crippen LogP contribution in [0, 0.1) is 0 Å². The number of benzene rings is 7. The topological polar surface area (TPSA) is 29.5 Å². The summed E-state index contributed by atoms with van der Waals surface area (Å²) >= 11 is 1.85. The highest BCUT2D eigenvalue weighted by molar-refractivity contribution is 7.26. The largest absolute Gasteiger partial charge is 0.456 e. The summed E-state index contributed by atoms with van der Waals surface area (Å²) in [5, 5.41) is 9.55. The summed E-state index contributed by atoms with van der Waals surface area (Å²) in [5.41, 5.74) is 6.72. The summed E-state index contributed by atoms with van der Waals surface area (Å²) in [7, 11) is 0. The Kier molecular flexibility index (Phi) is 4.87. The van der Waals surface area contributed by atoms with E-state index < -0.39 is 0 Å². The molecule has 3 aromatic heterocycles. The van der Waals surface area contributed by atoms with Crippen molar-refractivity contribution in [2.24, 2.45) is 0 Å². The maximum atomic E-state index is 6.36. The van der Waals surface area contributed by atoms with E-state index in [0.29, 0.717) is 0 Å². The molecule has 3 heterocycles. The first-order chi connectivity index (χ1) is 21.8. The third kappa shape index (κ3) is 3.43. The summed E-state index contributed by atoms with van der Waals surface area (Å²) in [6.07, 6.45) is 0. The van der Waals surface area contributed by atoms with Crippen LogP contribution in [-0.2, 0) is 0 Å². The van der Waals surface area contributed by atoms with Gasteiger partial charge in [-0.05, 0) is 77.5 Å². The molecule has 0 aliphatic carbocycles. The van der Waals surface area contributed by atoms with Crippen molar-refractivity contribution in [3.05, 3.63) is 140 Å². The summed E-state index contributed by atoms with van der Waals surface area (Å²) in [4.78, 5) is 2.33. The molecule has 0 atom stereocenters. The maximum Gasteiger partial charge on any atom is 0.137 e. The average Bonchev–Trinajstić information content (AvgIpc) is 3.75. The zero-order valence-corrected chi connectivity index (χ0v) is 24.3. The molecule has 0 aliphatic heterocycles. The lowest BCUT2D eigenvalue weighted by atomic mass is 10.0. The van der Waals surface area contributed by atoms with Crippen molar-refractivity contribution < 1.29 is 8.83 Å². The molecule has 10 aromatic rings. The van der Waals surface area contributed by atoms with E-state index in [1.807, 2.05) is 35.6 Å². The fraction of sp³-hybridized carbons (Fsp3) is 0. The van der Waals surface area contributed by atoms with Gasteiger partial charge >= 0.3 is 0 Å². The number of furan rings is 2. The molecular formula is C40H23NO2S. The Morgan fingerprint density at radius 1 is 0.386 bits per heavy atom. The fourth-order valence-electron chi connectivity index (χ4n) is 6.82. The highest BCUT2D eigenvalue weighted by atomic mass is 32.1. The first-order valence-electron chi connectivity index (χ1n) is 14.8. The summed E-state index contributed by atoms with van der Waals surface area (Å²) < 4.78 is 15.2. The number of hydrogen-bond donors (Lipinski definition) is 0. The van der Waals surface area contributed by atoms with Crippen LogP contribution >= 0.6 is 11.3 Å². The highest BCUT2D eigenvalue weighted by Gasteiger charge is 2.19. The van der Waals surface area contributed by atoms with Gasteiger partial charge < -0.3 is 13.7 Å². The van der Waals surface area contributed by atoms with E-state index in [-0.39, 0.29) is 0 Å². The molecule has 0 aliphatic rings. The van der Waals surface area contributed by atoms with Gasteiger partial charge in [0.25, 0.3) is 0 Å². The van der Waals surface area contributed by atoms with E-state index in [4.69, 9.17) is 8.83 Å². The van der Waals surface area contributed by atoms with Crippen LogP contribution in [-0.4, -0.2) is 0 Å². The minimum absolute atomic E-state index is 0.871. The first-order valence-corrected chi connectivity index (χ1v) is 15.6. The molecule has 4 heteroatoms. The molecule has 0 amide bonds. The smallest absolute Gasteiger partial charge is 0.137 e. The highest BCUT2D eigenvalue weighted by Crippen LogP contribution is 2.44. The number of nitrogens with zero attached hydrogens (tertiary/aromatic N) is 1. The van der Waals surface area contributed by atoms with Gasteiger partial charge in [-0.2, -0.15) is 0 Å². The average molecular weight is 582 g/mol. The monoisotopic (exact) mass is 581 g/mol. The number of hydrogen-bond acceptors (Lipinski definition) is 4. The van der Waals surface area contributed by atoms with Crippen molar-refractivity contribution in [3.63, 3.8) is 0 Å². The minimum atomic E-state index is 0.871. The van der Waals surface area contributed by atoms with Crippen LogP contribution in [0.25, 0.3) is 74.8 Å². The van der Waals surface area contributed by atoms with E-state index in [1.165, 1.54) is 30.9 Å². The summed E-state index contributed by atoms with van der Waals surface area (Å²) in [5.74, 6) is 0. The second-order valence-corrected chi connectivity index (χ2v) is 12.4. The maximum absolute atomic E-state index is 6.36. The zero-order valence-electron chi connectivity index (χ0n) is 23.5. The SMILES string of the molecule is c1ccc2c(c1)oc1cc(N(c3ccc4oc5ccccc5c4c3)c3ccc4ccc5sc6ccccc6c5c4c3)ccc12. The molecule has 0 unspecified atom stereocenters. The molecule has 10 rings (SSSR count). The molecule has 0 fully saturated rings. The van der Waals surface area contributed by atoms with Crippen molar-refractivity contribution in [3.8, 4) is 0 Å². The summed E-state index contributed by atoms with van der Waals surface area (Å²) in [6, 6.07) is 49.5. The zero-order chi connectivity index (χ0) is 28.8. The van der Waals surface area contributed by atoms with E-state index in [9.17, 15) is 0 Å². The Labute approximate surface area is 255 Å². The molecule has 44 heavy (non-hydrogen) atoms. The van der Waals surface area contributed by atoms with Crippen LogP contribution in [0.15, 0.2) is 148 Å². The van der Waals surface area contributed by atoms with Gasteiger partial charge in [0.1, 0.15) is 22.3 Å². The van der Waals surface area contributed by atoms with Gasteiger partial charge in [0, 0.05) is 64.8 Å². The van der Waals surface area contributed by atoms with Crippen molar-refractivity contribution in [1.29, 1.82) is 0 Å². The lowest BCUT2D eigenvalue weighted by molar-refractivity contribution is 0.668. The van der Waals surface area contributed by atoms with Crippen molar-refractivity contribution in [2.45, 2.75) is 0 Å². The standard InChI is InChI=1S/C40H23NO2S/c1-4-10-34-28(7-1)30-18-16-27(23-37(30)43-34)41(26-17-19-36-33(22-26)29-8-2-5-11-35(29)42-36)25-15-13-24-14-20-39-40(32(24)21-25)31-9-3-6-12-38(31)44-39/h1-23H. The minimum Gasteiger partial charge on any atom is -0.456 e. The number of thiophene rings is 1. The van der Waals surface area contributed by atoms with Crippen LogP contribution < -0.4 is 4.90 Å². The van der Waals surface area contributed by atoms with Gasteiger partial charge in [-0.25, -0.2) is 0 Å². The molecule has 0 bridgehead atoms. The number of para-hydroxylation sites is 2. The number of fused-ring (bicyclic) bond motifs is 11. The predicted octanol–water partition coefficient (Wildman–Crippen LogP) is 12.5. The molecular weight excluding hydrogens is 559 g/mol. The third-order valence-corrected chi connectivity index (χ3v) is 9.98. The lowest BCUT2D eigenvalue weighted by Crippen LogP contribution is -2.09. The molecule has 0 radical (unpaired) electrons. The molecule has 0 N–H and O–H groups in total. The van der Waals surface area contributed by atoms with Crippen LogP contribution in [0.1, 0.15) is 0 Å². The van der Waals surface area contributed by atoms with Crippen LogP contribution in [0.4, 0.5) is 17.1 Å². The fourth-order valence-corrected chi connectivity index (χ4v) is 7.95. The van der Waals surface area contributed by atoms with Crippen molar-refractivity contribution in [2.75, 3.05) is 4.90 Å². The van der Waals surface area contributed by atoms with Crippen LogP contribution in [0.5, 0.6) is 0 Å². The quantitative estimate of drug-likeness (QED) is 0.208. The second kappa shape index (κ2) is 8.96. The van der Waals surface area contributed by atoms with Crippen LogP contribution in [0.3, 0.4) is 0 Å². The van der Waals surface area contributed by atoms with Gasteiger partial charge in [0.2, 0.25) is 0 Å².